The van der Waals surface area contributed by atoms with E-state index in [1.807, 2.05) is 17.4 Å². The van der Waals surface area contributed by atoms with Crippen LogP contribution in [0.5, 0.6) is 0 Å². The minimum absolute atomic E-state index is 0.0913. The highest BCUT2D eigenvalue weighted by molar-refractivity contribution is 7.25. The standard InChI is InChI=1S/C41H35N3S/c1-40(2)23-24-41(3,4)33-25-29(21-22-32(33)40)38-42-37(28-19-17-27(18-20-28)26-11-6-5-7-12-26)43-39(44-38)31-14-10-16-35-36(31)30-13-8-9-15-34(30)45-35/h5-22,25H,23-24H2,1-4H3. The quantitative estimate of drug-likeness (QED) is 0.201. The van der Waals surface area contributed by atoms with E-state index in [1.54, 1.807) is 0 Å². The third-order valence-electron chi connectivity index (χ3n) is 9.64. The Labute approximate surface area is 268 Å². The Hall–Kier alpha value is -4.67. The fourth-order valence-electron chi connectivity index (χ4n) is 6.89. The van der Waals surface area contributed by atoms with Gasteiger partial charge in [0.1, 0.15) is 0 Å². The van der Waals surface area contributed by atoms with Crippen molar-refractivity contribution in [1.29, 1.82) is 0 Å². The smallest absolute Gasteiger partial charge is 0.164 e. The molecule has 8 rings (SSSR count). The summed E-state index contributed by atoms with van der Waals surface area (Å²) >= 11 is 1.81. The maximum atomic E-state index is 5.22. The highest BCUT2D eigenvalue weighted by Crippen LogP contribution is 2.47. The van der Waals surface area contributed by atoms with Crippen molar-refractivity contribution in [3.8, 4) is 45.3 Å². The van der Waals surface area contributed by atoms with Crippen LogP contribution >= 0.6 is 11.3 Å². The number of nitrogens with zero attached hydrogens (tertiary/aromatic N) is 3. The molecule has 0 bridgehead atoms. The molecule has 45 heavy (non-hydrogen) atoms. The van der Waals surface area contributed by atoms with Gasteiger partial charge in [-0.1, -0.05) is 125 Å². The van der Waals surface area contributed by atoms with E-state index >= 15 is 0 Å². The van der Waals surface area contributed by atoms with Crippen LogP contribution in [0.25, 0.3) is 65.5 Å². The van der Waals surface area contributed by atoms with Gasteiger partial charge in [0.05, 0.1) is 0 Å². The van der Waals surface area contributed by atoms with Gasteiger partial charge in [-0.25, -0.2) is 15.0 Å². The van der Waals surface area contributed by atoms with Gasteiger partial charge in [0.25, 0.3) is 0 Å². The number of hydrogen-bond donors (Lipinski definition) is 0. The molecule has 2 aromatic heterocycles. The van der Waals surface area contributed by atoms with Crippen LogP contribution in [0.2, 0.25) is 0 Å². The van der Waals surface area contributed by atoms with Gasteiger partial charge in [0.15, 0.2) is 17.5 Å². The zero-order valence-electron chi connectivity index (χ0n) is 26.1. The predicted molar refractivity (Wildman–Crippen MR) is 190 cm³/mol. The van der Waals surface area contributed by atoms with Gasteiger partial charge in [0.2, 0.25) is 0 Å². The normalized spacial score (nSPS) is 15.3. The van der Waals surface area contributed by atoms with Crippen LogP contribution in [0.3, 0.4) is 0 Å². The van der Waals surface area contributed by atoms with Gasteiger partial charge in [-0.2, -0.15) is 0 Å². The van der Waals surface area contributed by atoms with Crippen LogP contribution in [0.1, 0.15) is 51.7 Å². The fraction of sp³-hybridized carbons (Fsp3) is 0.195. The summed E-state index contributed by atoms with van der Waals surface area (Å²) in [7, 11) is 0. The molecule has 0 spiro atoms. The van der Waals surface area contributed by atoms with E-state index in [4.69, 9.17) is 15.0 Å². The van der Waals surface area contributed by atoms with Crippen molar-refractivity contribution in [3.63, 3.8) is 0 Å². The van der Waals surface area contributed by atoms with Crippen molar-refractivity contribution in [2.24, 2.45) is 0 Å². The van der Waals surface area contributed by atoms with Crippen molar-refractivity contribution in [1.82, 2.24) is 15.0 Å². The number of thiophene rings is 1. The lowest BCUT2D eigenvalue weighted by Gasteiger charge is -2.42. The van der Waals surface area contributed by atoms with Crippen molar-refractivity contribution in [2.45, 2.75) is 51.4 Å². The molecule has 0 saturated carbocycles. The van der Waals surface area contributed by atoms with Crippen LogP contribution in [0, 0.1) is 0 Å². The van der Waals surface area contributed by atoms with E-state index in [1.165, 1.54) is 48.8 Å². The van der Waals surface area contributed by atoms with Crippen molar-refractivity contribution >= 4 is 31.5 Å². The van der Waals surface area contributed by atoms with E-state index in [0.717, 1.165) is 23.1 Å². The minimum atomic E-state index is 0.0913. The van der Waals surface area contributed by atoms with E-state index < -0.39 is 0 Å². The van der Waals surface area contributed by atoms with Crippen LogP contribution in [0.15, 0.2) is 115 Å². The Bertz CT molecular complexity index is 2210. The molecule has 0 aliphatic heterocycles. The molecule has 0 unspecified atom stereocenters. The van der Waals surface area contributed by atoms with Crippen LogP contribution in [-0.4, -0.2) is 15.0 Å². The first kappa shape index (κ1) is 27.8. The molecule has 3 nitrogen and oxygen atoms in total. The van der Waals surface area contributed by atoms with Crippen LogP contribution in [0.4, 0.5) is 0 Å². The van der Waals surface area contributed by atoms with Crippen LogP contribution in [-0.2, 0) is 10.8 Å². The summed E-state index contributed by atoms with van der Waals surface area (Å²) in [4.78, 5) is 15.5. The van der Waals surface area contributed by atoms with Gasteiger partial charge < -0.3 is 0 Å². The second-order valence-corrected chi connectivity index (χ2v) is 14.6. The molecular formula is C41H35N3S. The summed E-state index contributed by atoms with van der Waals surface area (Å²) in [6.07, 6.45) is 2.34. The second-order valence-electron chi connectivity index (χ2n) is 13.6. The first-order chi connectivity index (χ1) is 21.8. The lowest BCUT2D eigenvalue weighted by atomic mass is 9.63. The molecule has 0 atom stereocenters. The van der Waals surface area contributed by atoms with Gasteiger partial charge in [-0.3, -0.25) is 0 Å². The molecule has 0 fully saturated rings. The van der Waals surface area contributed by atoms with Gasteiger partial charge in [-0.15, -0.1) is 11.3 Å². The monoisotopic (exact) mass is 601 g/mol. The number of rotatable bonds is 4. The molecule has 1 aliphatic carbocycles. The van der Waals surface area contributed by atoms with E-state index in [9.17, 15) is 0 Å². The highest BCUT2D eigenvalue weighted by atomic mass is 32.1. The molecule has 2 heterocycles. The summed E-state index contributed by atoms with van der Waals surface area (Å²) in [5, 5.41) is 2.44. The first-order valence-corrected chi connectivity index (χ1v) is 16.6. The minimum Gasteiger partial charge on any atom is -0.208 e. The summed E-state index contributed by atoms with van der Waals surface area (Å²) in [6.45, 7) is 9.47. The Morgan fingerprint density at radius 2 is 1.07 bits per heavy atom. The van der Waals surface area contributed by atoms with Crippen molar-refractivity contribution in [2.75, 3.05) is 0 Å². The van der Waals surface area contributed by atoms with Gasteiger partial charge in [-0.05, 0) is 64.1 Å². The van der Waals surface area contributed by atoms with Gasteiger partial charge >= 0.3 is 0 Å². The summed E-state index contributed by atoms with van der Waals surface area (Å²) < 4.78 is 2.51. The third-order valence-corrected chi connectivity index (χ3v) is 10.8. The predicted octanol–water partition coefficient (Wildman–Crippen LogP) is 11.3. The Morgan fingerprint density at radius 3 is 1.84 bits per heavy atom. The molecule has 1 aliphatic rings. The number of benzene rings is 5. The van der Waals surface area contributed by atoms with Crippen LogP contribution < -0.4 is 0 Å². The van der Waals surface area contributed by atoms with Crippen molar-refractivity contribution < 1.29 is 0 Å². The van der Waals surface area contributed by atoms with E-state index in [2.05, 4.69) is 137 Å². The van der Waals surface area contributed by atoms with E-state index in [-0.39, 0.29) is 10.8 Å². The molecule has 0 saturated heterocycles. The van der Waals surface area contributed by atoms with Gasteiger partial charge in [0, 0.05) is 36.9 Å². The third kappa shape index (κ3) is 4.85. The summed E-state index contributed by atoms with van der Waals surface area (Å²) in [5.74, 6) is 2.10. The number of fused-ring (bicyclic) bond motifs is 4. The largest absolute Gasteiger partial charge is 0.208 e. The molecule has 220 valence electrons. The summed E-state index contributed by atoms with van der Waals surface area (Å²) in [5.41, 5.74) is 8.48. The molecule has 4 heteroatoms. The Morgan fingerprint density at radius 1 is 0.489 bits per heavy atom. The molecular weight excluding hydrogens is 567 g/mol. The molecule has 0 amide bonds. The lowest BCUT2D eigenvalue weighted by molar-refractivity contribution is 0.332. The topological polar surface area (TPSA) is 38.7 Å². The summed E-state index contributed by atoms with van der Waals surface area (Å²) in [6, 6.07) is 41.0. The maximum Gasteiger partial charge on any atom is 0.164 e. The average Bonchev–Trinajstić information content (AvgIpc) is 3.46. The zero-order valence-corrected chi connectivity index (χ0v) is 27.0. The Balaban J connectivity index is 1.33. The second kappa shape index (κ2) is 10.5. The Kier molecular flexibility index (Phi) is 6.47. The molecule has 5 aromatic carbocycles. The molecule has 0 N–H and O–H groups in total. The SMILES string of the molecule is CC1(C)CCC(C)(C)c2cc(-c3nc(-c4ccc(-c5ccccc5)cc4)nc(-c4cccc5sc6ccccc6c45)n3)ccc21. The highest BCUT2D eigenvalue weighted by Gasteiger charge is 2.37. The number of aromatic nitrogens is 3. The fourth-order valence-corrected chi connectivity index (χ4v) is 8.02. The van der Waals surface area contributed by atoms with Crippen molar-refractivity contribution in [3.05, 3.63) is 126 Å². The van der Waals surface area contributed by atoms with E-state index in [0.29, 0.717) is 17.5 Å². The average molecular weight is 602 g/mol. The lowest BCUT2D eigenvalue weighted by Crippen LogP contribution is -2.33. The zero-order chi connectivity index (χ0) is 30.8. The molecule has 0 radical (unpaired) electrons. The number of hydrogen-bond acceptors (Lipinski definition) is 4. The first-order valence-electron chi connectivity index (χ1n) is 15.7. The maximum absolute atomic E-state index is 5.22. The molecule has 7 aromatic rings.